The van der Waals surface area contributed by atoms with Crippen LogP contribution in [0, 0.1) is 0 Å². The molecule has 284 valence electrons. The van der Waals surface area contributed by atoms with E-state index < -0.39 is 0 Å². The fourth-order valence-corrected chi connectivity index (χ4v) is 10.3. The first-order valence-corrected chi connectivity index (χ1v) is 21.3. The summed E-state index contributed by atoms with van der Waals surface area (Å²) in [6, 6.07) is 71.4. The van der Waals surface area contributed by atoms with Crippen LogP contribution in [0.25, 0.3) is 111 Å². The van der Waals surface area contributed by atoms with E-state index in [9.17, 15) is 0 Å². The quantitative estimate of drug-likeness (QED) is 0.174. The monoisotopic (exact) mass is 795 g/mol. The highest BCUT2D eigenvalue weighted by atomic mass is 32.2. The van der Waals surface area contributed by atoms with Crippen LogP contribution in [0.5, 0.6) is 0 Å². The van der Waals surface area contributed by atoms with Crippen molar-refractivity contribution in [2.24, 2.45) is 0 Å². The van der Waals surface area contributed by atoms with Crippen molar-refractivity contribution < 1.29 is 0 Å². The summed E-state index contributed by atoms with van der Waals surface area (Å²) in [7, 11) is 0. The fourth-order valence-electron chi connectivity index (χ4n) is 9.24. The Morgan fingerprint density at radius 2 is 0.918 bits per heavy atom. The van der Waals surface area contributed by atoms with Gasteiger partial charge in [-0.2, -0.15) is 0 Å². The van der Waals surface area contributed by atoms with Crippen molar-refractivity contribution in [1.29, 1.82) is 0 Å². The predicted octanol–water partition coefficient (Wildman–Crippen LogP) is 14.4. The topological polar surface area (TPSA) is 48.5 Å². The van der Waals surface area contributed by atoms with E-state index in [1.165, 1.54) is 58.9 Å². The molecule has 0 aliphatic carbocycles. The van der Waals surface area contributed by atoms with E-state index in [0.29, 0.717) is 17.5 Å². The molecule has 9 aromatic carbocycles. The minimum absolute atomic E-state index is 0.627. The molecule has 0 saturated carbocycles. The van der Waals surface area contributed by atoms with Crippen LogP contribution < -0.4 is 0 Å². The van der Waals surface area contributed by atoms with Crippen molar-refractivity contribution in [2.45, 2.75) is 9.79 Å². The van der Waals surface area contributed by atoms with Crippen LogP contribution in [0.1, 0.15) is 0 Å². The molecule has 0 atom stereocenters. The van der Waals surface area contributed by atoms with Crippen LogP contribution in [-0.4, -0.2) is 24.1 Å². The summed E-state index contributed by atoms with van der Waals surface area (Å²) in [4.78, 5) is 18.2. The maximum atomic E-state index is 5.28. The molecule has 61 heavy (non-hydrogen) atoms. The molecule has 0 spiro atoms. The molecular formula is C55H33N5S. The van der Waals surface area contributed by atoms with Crippen molar-refractivity contribution in [3.63, 3.8) is 0 Å². The van der Waals surface area contributed by atoms with Crippen molar-refractivity contribution in [3.05, 3.63) is 200 Å². The molecule has 0 fully saturated rings. The highest BCUT2D eigenvalue weighted by molar-refractivity contribution is 7.99. The first kappa shape index (κ1) is 34.1. The van der Waals surface area contributed by atoms with Crippen molar-refractivity contribution in [3.8, 4) is 56.7 Å². The van der Waals surface area contributed by atoms with Gasteiger partial charge >= 0.3 is 0 Å². The van der Waals surface area contributed by atoms with Gasteiger partial charge in [0.15, 0.2) is 17.5 Å². The van der Waals surface area contributed by atoms with Gasteiger partial charge in [-0.15, -0.1) is 0 Å². The van der Waals surface area contributed by atoms with E-state index in [2.05, 4.69) is 209 Å². The molecule has 0 bridgehead atoms. The van der Waals surface area contributed by atoms with Gasteiger partial charge in [0.2, 0.25) is 0 Å². The van der Waals surface area contributed by atoms with Crippen LogP contribution in [0.15, 0.2) is 210 Å². The largest absolute Gasteiger partial charge is 0.295 e. The van der Waals surface area contributed by atoms with Crippen molar-refractivity contribution in [1.82, 2.24) is 24.1 Å². The van der Waals surface area contributed by atoms with Crippen LogP contribution in [0.4, 0.5) is 0 Å². The summed E-state index contributed by atoms with van der Waals surface area (Å²) in [5.74, 6) is 1.90. The molecule has 6 heteroatoms. The summed E-state index contributed by atoms with van der Waals surface area (Å²) in [6.45, 7) is 0. The number of hydrogen-bond acceptors (Lipinski definition) is 4. The molecule has 12 aromatic rings. The molecule has 1 aliphatic heterocycles. The third-order valence-electron chi connectivity index (χ3n) is 12.1. The number of hydrogen-bond donors (Lipinski definition) is 0. The van der Waals surface area contributed by atoms with Crippen LogP contribution >= 0.6 is 11.8 Å². The average Bonchev–Trinajstić information content (AvgIpc) is 3.85. The Bertz CT molecular complexity index is 3740. The summed E-state index contributed by atoms with van der Waals surface area (Å²) in [6.07, 6.45) is 0. The lowest BCUT2D eigenvalue weighted by Gasteiger charge is -2.22. The zero-order chi connectivity index (χ0) is 40.0. The van der Waals surface area contributed by atoms with Gasteiger partial charge in [0.1, 0.15) is 5.65 Å². The Balaban J connectivity index is 1.03. The molecule has 5 nitrogen and oxygen atoms in total. The molecular weight excluding hydrogens is 763 g/mol. The van der Waals surface area contributed by atoms with Gasteiger partial charge in [0.05, 0.1) is 16.7 Å². The zero-order valence-electron chi connectivity index (χ0n) is 32.7. The lowest BCUT2D eigenvalue weighted by atomic mass is 10.00. The molecule has 0 saturated heterocycles. The molecule has 0 N–H and O–H groups in total. The van der Waals surface area contributed by atoms with Gasteiger partial charge in [0, 0.05) is 48.3 Å². The molecule has 13 rings (SSSR count). The van der Waals surface area contributed by atoms with Gasteiger partial charge < -0.3 is 0 Å². The number of aromatic nitrogens is 5. The Labute approximate surface area is 355 Å². The summed E-state index contributed by atoms with van der Waals surface area (Å²) in [5, 5.41) is 8.35. The summed E-state index contributed by atoms with van der Waals surface area (Å²) in [5.41, 5.74) is 11.0. The second-order valence-corrected chi connectivity index (χ2v) is 16.8. The minimum Gasteiger partial charge on any atom is -0.295 e. The van der Waals surface area contributed by atoms with E-state index in [1.807, 2.05) is 11.8 Å². The fraction of sp³-hybridized carbons (Fsp3) is 0. The van der Waals surface area contributed by atoms with Crippen LogP contribution in [0.3, 0.4) is 0 Å². The number of para-hydroxylation sites is 3. The van der Waals surface area contributed by atoms with Gasteiger partial charge in [-0.05, 0) is 93.3 Å². The summed E-state index contributed by atoms with van der Waals surface area (Å²) < 4.78 is 4.89. The van der Waals surface area contributed by atoms with Crippen LogP contribution in [-0.2, 0) is 0 Å². The molecule has 0 radical (unpaired) electrons. The van der Waals surface area contributed by atoms with Crippen molar-refractivity contribution in [2.75, 3.05) is 0 Å². The molecule has 0 amide bonds. The first-order chi connectivity index (χ1) is 30.2. The van der Waals surface area contributed by atoms with Gasteiger partial charge in [-0.1, -0.05) is 151 Å². The zero-order valence-corrected chi connectivity index (χ0v) is 33.5. The van der Waals surface area contributed by atoms with E-state index >= 15 is 0 Å². The highest BCUT2D eigenvalue weighted by Crippen LogP contribution is 2.50. The Morgan fingerprint density at radius 3 is 1.67 bits per heavy atom. The number of rotatable bonds is 5. The molecule has 4 heterocycles. The lowest BCUT2D eigenvalue weighted by Crippen LogP contribution is -2.06. The first-order valence-electron chi connectivity index (χ1n) is 20.5. The number of fused-ring (bicyclic) bond motifs is 9. The van der Waals surface area contributed by atoms with Crippen LogP contribution in [0.2, 0.25) is 0 Å². The number of nitrogens with zero attached hydrogens (tertiary/aromatic N) is 5. The summed E-state index contributed by atoms with van der Waals surface area (Å²) >= 11 is 1.82. The second kappa shape index (κ2) is 13.4. The van der Waals surface area contributed by atoms with Crippen molar-refractivity contribution >= 4 is 66.1 Å². The van der Waals surface area contributed by atoms with E-state index in [0.717, 1.165) is 44.5 Å². The van der Waals surface area contributed by atoms with Gasteiger partial charge in [-0.25, -0.2) is 15.0 Å². The maximum absolute atomic E-state index is 5.28. The smallest absolute Gasteiger partial charge is 0.164 e. The number of benzene rings is 9. The standard InChI is InChI=1S/C55H33N5S/c1-3-12-34(13-4-1)37-23-24-39-32-41(27-25-38(39)30-37)53-56-52(40-26-22-35-14-7-8-15-36(35)31-40)57-54(58-53)42-28-29-48-47(33-42)60-51-45(19-11-21-49(51)61-48)50-44-18-9-10-20-46(44)59(55(50)60)43-16-5-2-6-17-43/h1-33H. The third kappa shape index (κ3) is 5.39. The molecule has 1 aliphatic rings. The van der Waals surface area contributed by atoms with E-state index in [1.54, 1.807) is 0 Å². The molecule has 0 unspecified atom stereocenters. The Hall–Kier alpha value is -7.80. The average molecular weight is 796 g/mol. The predicted molar refractivity (Wildman–Crippen MR) is 252 cm³/mol. The Kier molecular flexibility index (Phi) is 7.47. The second-order valence-electron chi connectivity index (χ2n) is 15.7. The minimum atomic E-state index is 0.627. The normalized spacial score (nSPS) is 12.2. The SMILES string of the molecule is c1ccc(-c2ccc3cc(-c4nc(-c5ccc6c(c5)-n5c7c(cccc7c7c8ccccc8n(-c8ccccc8)c75)S6)nc(-c5ccc6ccccc6c5)n4)ccc3c2)cc1. The lowest BCUT2D eigenvalue weighted by molar-refractivity contribution is 1.02. The van der Waals surface area contributed by atoms with Gasteiger partial charge in [0.25, 0.3) is 0 Å². The highest BCUT2D eigenvalue weighted by Gasteiger charge is 2.28. The van der Waals surface area contributed by atoms with E-state index in [-0.39, 0.29) is 0 Å². The maximum Gasteiger partial charge on any atom is 0.164 e. The van der Waals surface area contributed by atoms with E-state index in [4.69, 9.17) is 15.0 Å². The third-order valence-corrected chi connectivity index (χ3v) is 13.2. The molecule has 3 aromatic heterocycles. The Morgan fingerprint density at radius 1 is 0.361 bits per heavy atom. The van der Waals surface area contributed by atoms with Gasteiger partial charge in [-0.3, -0.25) is 9.13 Å².